The topological polar surface area (TPSA) is 68.0 Å². The molecule has 2 heterocycles. The number of carbonyl (C=O) groups is 1. The van der Waals surface area contributed by atoms with Crippen LogP contribution in [-0.4, -0.2) is 16.1 Å². The van der Waals surface area contributed by atoms with Crippen molar-refractivity contribution in [1.82, 2.24) is 15.5 Å². The number of aryl methyl sites for hydroxylation is 1. The van der Waals surface area contributed by atoms with Crippen LogP contribution in [0.4, 0.5) is 4.39 Å². The molecule has 3 aromatic rings. The van der Waals surface area contributed by atoms with Gasteiger partial charge in [-0.15, -0.1) is 21.5 Å². The van der Waals surface area contributed by atoms with Gasteiger partial charge in [-0.3, -0.25) is 4.79 Å². The predicted molar refractivity (Wildman–Crippen MR) is 84.3 cm³/mol. The smallest absolute Gasteiger partial charge is 0.257 e. The van der Waals surface area contributed by atoms with Crippen molar-refractivity contribution in [3.8, 4) is 10.8 Å². The number of carbonyl (C=O) groups excluding carboxylic acids is 1. The first-order chi connectivity index (χ1) is 11.1. The highest BCUT2D eigenvalue weighted by molar-refractivity contribution is 7.15. The molecule has 0 radical (unpaired) electrons. The van der Waals surface area contributed by atoms with Crippen LogP contribution in [0.3, 0.4) is 0 Å². The van der Waals surface area contributed by atoms with Crippen LogP contribution in [0.1, 0.15) is 16.3 Å². The van der Waals surface area contributed by atoms with Gasteiger partial charge < -0.3 is 9.73 Å². The standard InChI is InChI=1S/C16H14FN3O2S/c1-10-2-7-13(23-10)16-20-19-15(22-16)9-18-14(21)8-11-3-5-12(17)6-4-11/h2-7H,8-9H2,1H3,(H,18,21). The molecule has 0 bridgehead atoms. The number of hydrogen-bond acceptors (Lipinski definition) is 5. The van der Waals surface area contributed by atoms with Gasteiger partial charge in [-0.05, 0) is 36.8 Å². The van der Waals surface area contributed by atoms with Crippen LogP contribution in [-0.2, 0) is 17.8 Å². The molecule has 1 N–H and O–H groups in total. The van der Waals surface area contributed by atoms with Crippen molar-refractivity contribution in [2.75, 3.05) is 0 Å². The molecule has 0 fully saturated rings. The van der Waals surface area contributed by atoms with E-state index in [2.05, 4.69) is 15.5 Å². The van der Waals surface area contributed by atoms with Gasteiger partial charge >= 0.3 is 0 Å². The summed E-state index contributed by atoms with van der Waals surface area (Å²) >= 11 is 1.57. The van der Waals surface area contributed by atoms with E-state index in [1.54, 1.807) is 23.5 Å². The summed E-state index contributed by atoms with van der Waals surface area (Å²) in [4.78, 5) is 13.9. The van der Waals surface area contributed by atoms with Gasteiger partial charge in [-0.2, -0.15) is 0 Å². The van der Waals surface area contributed by atoms with Crippen LogP contribution in [0.15, 0.2) is 40.8 Å². The molecule has 7 heteroatoms. The Bertz CT molecular complexity index is 811. The van der Waals surface area contributed by atoms with Crippen molar-refractivity contribution in [3.05, 3.63) is 58.5 Å². The van der Waals surface area contributed by atoms with E-state index in [1.165, 1.54) is 12.1 Å². The highest BCUT2D eigenvalue weighted by atomic mass is 32.1. The molecule has 5 nitrogen and oxygen atoms in total. The van der Waals surface area contributed by atoms with Crippen molar-refractivity contribution in [1.29, 1.82) is 0 Å². The number of rotatable bonds is 5. The second kappa shape index (κ2) is 6.70. The zero-order chi connectivity index (χ0) is 16.2. The van der Waals surface area contributed by atoms with Crippen molar-refractivity contribution in [3.63, 3.8) is 0 Å². The number of halogens is 1. The van der Waals surface area contributed by atoms with E-state index in [0.29, 0.717) is 11.8 Å². The second-order valence-electron chi connectivity index (χ2n) is 4.99. The number of thiophene rings is 1. The van der Waals surface area contributed by atoms with E-state index in [4.69, 9.17) is 4.42 Å². The van der Waals surface area contributed by atoms with Crippen LogP contribution in [0, 0.1) is 12.7 Å². The molecule has 0 aliphatic carbocycles. The van der Waals surface area contributed by atoms with Gasteiger partial charge in [0.1, 0.15) is 5.82 Å². The van der Waals surface area contributed by atoms with Gasteiger partial charge in [-0.25, -0.2) is 4.39 Å². The van der Waals surface area contributed by atoms with Gasteiger partial charge in [0.25, 0.3) is 5.89 Å². The average molecular weight is 331 g/mol. The number of nitrogens with one attached hydrogen (secondary N) is 1. The molecule has 0 aliphatic heterocycles. The summed E-state index contributed by atoms with van der Waals surface area (Å²) < 4.78 is 18.3. The van der Waals surface area contributed by atoms with Crippen molar-refractivity contribution in [2.45, 2.75) is 19.9 Å². The fraction of sp³-hybridized carbons (Fsp3) is 0.188. The lowest BCUT2D eigenvalue weighted by molar-refractivity contribution is -0.120. The lowest BCUT2D eigenvalue weighted by atomic mass is 10.1. The molecule has 2 aromatic heterocycles. The van der Waals surface area contributed by atoms with Crippen molar-refractivity contribution in [2.24, 2.45) is 0 Å². The summed E-state index contributed by atoms with van der Waals surface area (Å²) in [7, 11) is 0. The normalized spacial score (nSPS) is 10.7. The number of benzene rings is 1. The van der Waals surface area contributed by atoms with E-state index < -0.39 is 0 Å². The summed E-state index contributed by atoms with van der Waals surface area (Å²) in [6.07, 6.45) is 0.172. The fourth-order valence-electron chi connectivity index (χ4n) is 2.00. The number of hydrogen-bond donors (Lipinski definition) is 1. The zero-order valence-electron chi connectivity index (χ0n) is 12.4. The lowest BCUT2D eigenvalue weighted by Gasteiger charge is -2.02. The molecule has 23 heavy (non-hydrogen) atoms. The first-order valence-corrected chi connectivity index (χ1v) is 7.82. The number of nitrogens with zero attached hydrogens (tertiary/aromatic N) is 2. The monoisotopic (exact) mass is 331 g/mol. The Balaban J connectivity index is 1.55. The summed E-state index contributed by atoms with van der Waals surface area (Å²) in [5, 5.41) is 10.6. The molecule has 3 rings (SSSR count). The zero-order valence-corrected chi connectivity index (χ0v) is 13.2. The molecule has 118 valence electrons. The Morgan fingerprint density at radius 2 is 2.00 bits per heavy atom. The molecule has 0 unspecified atom stereocenters. The first kappa shape index (κ1) is 15.4. The van der Waals surface area contributed by atoms with E-state index in [-0.39, 0.29) is 24.7 Å². The maximum absolute atomic E-state index is 12.8. The minimum atomic E-state index is -0.323. The Morgan fingerprint density at radius 3 is 2.70 bits per heavy atom. The average Bonchev–Trinajstić information content (AvgIpc) is 3.16. The van der Waals surface area contributed by atoms with Crippen molar-refractivity contribution < 1.29 is 13.6 Å². The molecular formula is C16H14FN3O2S. The quantitative estimate of drug-likeness (QED) is 0.780. The minimum absolute atomic E-state index is 0.164. The van der Waals surface area contributed by atoms with Gasteiger partial charge in [-0.1, -0.05) is 12.1 Å². The number of aromatic nitrogens is 2. The Hall–Kier alpha value is -2.54. The summed E-state index contributed by atoms with van der Waals surface area (Å²) in [6, 6.07) is 9.72. The van der Waals surface area contributed by atoms with Crippen LogP contribution >= 0.6 is 11.3 Å². The third-order valence-electron chi connectivity index (χ3n) is 3.13. The van der Waals surface area contributed by atoms with Crippen molar-refractivity contribution >= 4 is 17.2 Å². The Kier molecular flexibility index (Phi) is 4.47. The van der Waals surface area contributed by atoms with Crippen LogP contribution in [0.2, 0.25) is 0 Å². The van der Waals surface area contributed by atoms with E-state index in [0.717, 1.165) is 15.3 Å². The SMILES string of the molecule is Cc1ccc(-c2nnc(CNC(=O)Cc3ccc(F)cc3)o2)s1. The van der Waals surface area contributed by atoms with Gasteiger partial charge in [0.05, 0.1) is 17.8 Å². The minimum Gasteiger partial charge on any atom is -0.418 e. The van der Waals surface area contributed by atoms with Crippen LogP contribution < -0.4 is 5.32 Å². The van der Waals surface area contributed by atoms with Gasteiger partial charge in [0.15, 0.2) is 0 Å². The summed E-state index contributed by atoms with van der Waals surface area (Å²) in [5.41, 5.74) is 0.740. The van der Waals surface area contributed by atoms with Crippen LogP contribution in [0.25, 0.3) is 10.8 Å². The number of amides is 1. The molecule has 0 saturated carbocycles. The molecule has 1 amide bonds. The molecular weight excluding hydrogens is 317 g/mol. The van der Waals surface area contributed by atoms with E-state index in [1.807, 2.05) is 19.1 Å². The van der Waals surface area contributed by atoms with Crippen LogP contribution in [0.5, 0.6) is 0 Å². The maximum Gasteiger partial charge on any atom is 0.257 e. The summed E-state index contributed by atoms with van der Waals surface area (Å²) in [6.45, 7) is 2.17. The van der Waals surface area contributed by atoms with E-state index >= 15 is 0 Å². The predicted octanol–water partition coefficient (Wildman–Crippen LogP) is 3.10. The highest BCUT2D eigenvalue weighted by Crippen LogP contribution is 2.26. The fourth-order valence-corrected chi connectivity index (χ4v) is 2.79. The van der Waals surface area contributed by atoms with E-state index in [9.17, 15) is 9.18 Å². The van der Waals surface area contributed by atoms with Gasteiger partial charge in [0.2, 0.25) is 11.8 Å². The molecule has 0 aliphatic rings. The first-order valence-electron chi connectivity index (χ1n) is 7.00. The molecule has 0 spiro atoms. The third-order valence-corrected chi connectivity index (χ3v) is 4.12. The Morgan fingerprint density at radius 1 is 1.22 bits per heavy atom. The Labute approximate surface area is 136 Å². The molecule has 0 atom stereocenters. The summed E-state index contributed by atoms with van der Waals surface area (Å²) in [5.74, 6) is 0.282. The largest absolute Gasteiger partial charge is 0.418 e. The maximum atomic E-state index is 12.8. The highest BCUT2D eigenvalue weighted by Gasteiger charge is 2.11. The lowest BCUT2D eigenvalue weighted by Crippen LogP contribution is -2.24. The molecule has 0 saturated heterocycles. The molecule has 1 aromatic carbocycles. The van der Waals surface area contributed by atoms with Gasteiger partial charge in [0, 0.05) is 4.88 Å². The third kappa shape index (κ3) is 4.01. The second-order valence-corrected chi connectivity index (χ2v) is 6.28.